The van der Waals surface area contributed by atoms with Crippen LogP contribution in [0.25, 0.3) is 5.57 Å². The van der Waals surface area contributed by atoms with Gasteiger partial charge in [0.1, 0.15) is 25.1 Å². The summed E-state index contributed by atoms with van der Waals surface area (Å²) in [5, 5.41) is 12.2. The molecule has 33 heavy (non-hydrogen) atoms. The highest BCUT2D eigenvalue weighted by Crippen LogP contribution is 2.42. The second-order valence-electron chi connectivity index (χ2n) is 9.33. The molecule has 166 valence electrons. The topological polar surface area (TPSA) is 52.8 Å². The number of hydrogen-bond donors (Lipinski definition) is 1. The van der Waals surface area contributed by atoms with Crippen molar-refractivity contribution in [3.63, 3.8) is 0 Å². The van der Waals surface area contributed by atoms with Gasteiger partial charge >= 0.3 is 5.97 Å². The molecule has 6 rings (SSSR count). The number of hydrogen-bond acceptors (Lipinski definition) is 3. The maximum atomic E-state index is 12.2. The summed E-state index contributed by atoms with van der Waals surface area (Å²) < 4.78 is 8.82. The summed E-state index contributed by atoms with van der Waals surface area (Å²) >= 11 is 0. The highest BCUT2D eigenvalue weighted by Gasteiger charge is 2.28. The van der Waals surface area contributed by atoms with E-state index in [1.807, 2.05) is 12.1 Å². The SMILES string of the molecule is CN1CCCc2cc3c(cc21)Oc1cc2c(cc1=C3c1ccccc1C(=O)O)CCC[N+]=2C. The zero-order chi connectivity index (χ0) is 22.7. The molecule has 3 aliphatic rings. The van der Waals surface area contributed by atoms with E-state index in [0.29, 0.717) is 5.56 Å². The first-order chi connectivity index (χ1) is 16.0. The van der Waals surface area contributed by atoms with E-state index in [-0.39, 0.29) is 0 Å². The predicted octanol–water partition coefficient (Wildman–Crippen LogP) is 3.19. The number of carboxylic acid groups (broad SMARTS) is 1. The van der Waals surface area contributed by atoms with Gasteiger partial charge in [-0.3, -0.25) is 0 Å². The summed E-state index contributed by atoms with van der Waals surface area (Å²) in [6, 6.07) is 16.1. The standard InChI is InChI=1S/C28H26N2O3/c1-29-11-5-7-17-13-21-25(15-23(17)29)33-26-16-24-18(8-6-12-30(24)2)14-22(26)27(21)19-9-3-4-10-20(19)28(31)32/h3-4,9-10,13-16H,5-8,11-12H2,1-2H3/p+1. The molecule has 3 heterocycles. The fourth-order valence-corrected chi connectivity index (χ4v) is 5.59. The Labute approximate surface area is 192 Å². The highest BCUT2D eigenvalue weighted by molar-refractivity contribution is 5.98. The van der Waals surface area contributed by atoms with Gasteiger partial charge in [-0.2, -0.15) is 0 Å². The first-order valence-corrected chi connectivity index (χ1v) is 11.7. The van der Waals surface area contributed by atoms with Gasteiger partial charge in [0.15, 0.2) is 0 Å². The number of benzene rings is 3. The van der Waals surface area contributed by atoms with Crippen LogP contribution in [0.15, 0.2) is 48.5 Å². The molecule has 0 unspecified atom stereocenters. The van der Waals surface area contributed by atoms with E-state index in [0.717, 1.165) is 72.2 Å². The van der Waals surface area contributed by atoms with Crippen LogP contribution in [0, 0.1) is 0 Å². The monoisotopic (exact) mass is 439 g/mol. The number of carbonyl (C=O) groups is 1. The lowest BCUT2D eigenvalue weighted by Gasteiger charge is -2.31. The minimum atomic E-state index is -0.914. The quantitative estimate of drug-likeness (QED) is 0.488. The zero-order valence-electron chi connectivity index (χ0n) is 19.0. The molecule has 0 aliphatic carbocycles. The van der Waals surface area contributed by atoms with Crippen LogP contribution in [0.4, 0.5) is 5.69 Å². The van der Waals surface area contributed by atoms with Crippen LogP contribution < -0.4 is 24.8 Å². The van der Waals surface area contributed by atoms with Gasteiger partial charge in [-0.1, -0.05) is 18.2 Å². The largest absolute Gasteiger partial charge is 0.478 e. The Morgan fingerprint density at radius 3 is 2.67 bits per heavy atom. The van der Waals surface area contributed by atoms with Crippen LogP contribution in [-0.2, 0) is 12.8 Å². The summed E-state index contributed by atoms with van der Waals surface area (Å²) in [4.78, 5) is 14.5. The molecule has 3 aromatic rings. The van der Waals surface area contributed by atoms with Crippen LogP contribution >= 0.6 is 0 Å². The molecule has 0 atom stereocenters. The molecule has 0 fully saturated rings. The molecule has 0 spiro atoms. The minimum Gasteiger partial charge on any atom is -0.478 e. The maximum absolute atomic E-state index is 12.2. The Hall–Kier alpha value is -3.60. The van der Waals surface area contributed by atoms with E-state index < -0.39 is 5.97 Å². The van der Waals surface area contributed by atoms with Crippen LogP contribution in [0.2, 0.25) is 0 Å². The molecule has 3 aromatic carbocycles. The van der Waals surface area contributed by atoms with Crippen molar-refractivity contribution < 1.29 is 14.6 Å². The van der Waals surface area contributed by atoms with Gasteiger partial charge in [-0.25, -0.2) is 9.37 Å². The van der Waals surface area contributed by atoms with Crippen molar-refractivity contribution in [1.29, 1.82) is 0 Å². The van der Waals surface area contributed by atoms with Crippen LogP contribution in [0.5, 0.6) is 11.5 Å². The summed E-state index contributed by atoms with van der Waals surface area (Å²) in [5.41, 5.74) is 6.77. The third-order valence-electron chi connectivity index (χ3n) is 7.25. The van der Waals surface area contributed by atoms with Crippen molar-refractivity contribution in [3.05, 3.63) is 86.9 Å². The molecule has 0 bridgehead atoms. The fraction of sp³-hybridized carbons (Fsp3) is 0.286. The average molecular weight is 440 g/mol. The van der Waals surface area contributed by atoms with Crippen LogP contribution in [-0.4, -0.2) is 38.3 Å². The molecule has 3 aliphatic heterocycles. The molecular formula is C28H27N2O3+. The Morgan fingerprint density at radius 1 is 1.00 bits per heavy atom. The van der Waals surface area contributed by atoms with Gasteiger partial charge in [0.2, 0.25) is 5.36 Å². The first kappa shape index (κ1) is 20.0. The number of aromatic carboxylic acids is 1. The molecule has 0 radical (unpaired) electrons. The summed E-state index contributed by atoms with van der Waals surface area (Å²) in [6.07, 6.45) is 4.26. The normalized spacial score (nSPS) is 16.4. The molecule has 0 saturated carbocycles. The van der Waals surface area contributed by atoms with E-state index in [2.05, 4.69) is 47.8 Å². The number of carboxylic acids is 1. The summed E-state index contributed by atoms with van der Waals surface area (Å²) in [6.45, 7) is 2.05. The molecule has 0 aromatic heterocycles. The fourth-order valence-electron chi connectivity index (χ4n) is 5.59. The van der Waals surface area contributed by atoms with Crippen LogP contribution in [0.3, 0.4) is 0 Å². The lowest BCUT2D eigenvalue weighted by atomic mass is 9.86. The minimum absolute atomic E-state index is 0.316. The van der Waals surface area contributed by atoms with Gasteiger partial charge in [-0.15, -0.1) is 0 Å². The third-order valence-corrected chi connectivity index (χ3v) is 7.25. The molecule has 1 N–H and O–H groups in total. The number of aryl methyl sites for hydroxylation is 2. The van der Waals surface area contributed by atoms with Gasteiger partial charge in [0, 0.05) is 53.7 Å². The third kappa shape index (κ3) is 3.14. The predicted molar refractivity (Wildman–Crippen MR) is 129 cm³/mol. The molecule has 0 amide bonds. The summed E-state index contributed by atoms with van der Waals surface area (Å²) in [7, 11) is 4.24. The van der Waals surface area contributed by atoms with Crippen molar-refractivity contribution in [2.45, 2.75) is 25.7 Å². The van der Waals surface area contributed by atoms with E-state index in [1.54, 1.807) is 12.1 Å². The van der Waals surface area contributed by atoms with Gasteiger partial charge < -0.3 is 14.7 Å². The number of fused-ring (bicyclic) bond motifs is 4. The van der Waals surface area contributed by atoms with E-state index >= 15 is 0 Å². The lowest BCUT2D eigenvalue weighted by molar-refractivity contribution is 0.0696. The van der Waals surface area contributed by atoms with Crippen molar-refractivity contribution >= 4 is 17.2 Å². The summed E-state index contributed by atoms with van der Waals surface area (Å²) in [5.74, 6) is 0.676. The molecule has 0 saturated heterocycles. The number of anilines is 1. The maximum Gasteiger partial charge on any atom is 0.336 e. The Morgan fingerprint density at radius 2 is 1.82 bits per heavy atom. The molecule has 5 heteroatoms. The van der Waals surface area contributed by atoms with E-state index in [1.165, 1.54) is 22.2 Å². The van der Waals surface area contributed by atoms with Gasteiger partial charge in [0.05, 0.1) is 11.6 Å². The lowest BCUT2D eigenvalue weighted by Crippen LogP contribution is -2.36. The second-order valence-corrected chi connectivity index (χ2v) is 9.33. The van der Waals surface area contributed by atoms with Crippen molar-refractivity contribution in [1.82, 2.24) is 4.58 Å². The van der Waals surface area contributed by atoms with Gasteiger partial charge in [-0.05, 0) is 48.6 Å². The number of nitrogens with zero attached hydrogens (tertiary/aromatic N) is 2. The zero-order valence-corrected chi connectivity index (χ0v) is 19.0. The highest BCUT2D eigenvalue weighted by atomic mass is 16.5. The van der Waals surface area contributed by atoms with Crippen molar-refractivity contribution in [3.8, 4) is 11.5 Å². The molecule has 5 nitrogen and oxygen atoms in total. The molecular weight excluding hydrogens is 412 g/mol. The Kier molecular flexibility index (Phi) is 4.54. The Balaban J connectivity index is 1.74. The smallest absolute Gasteiger partial charge is 0.336 e. The van der Waals surface area contributed by atoms with E-state index in [9.17, 15) is 9.90 Å². The van der Waals surface area contributed by atoms with Gasteiger partial charge in [0.25, 0.3) is 0 Å². The first-order valence-electron chi connectivity index (χ1n) is 11.7. The van der Waals surface area contributed by atoms with Crippen molar-refractivity contribution in [2.24, 2.45) is 0 Å². The average Bonchev–Trinajstić information content (AvgIpc) is 2.81. The Bertz CT molecular complexity index is 1450. The van der Waals surface area contributed by atoms with Crippen LogP contribution in [0.1, 0.15) is 45.5 Å². The second kappa shape index (κ2) is 7.48. The van der Waals surface area contributed by atoms with E-state index in [4.69, 9.17) is 4.74 Å². The number of ether oxygens (including phenoxy) is 1. The number of rotatable bonds is 2. The van der Waals surface area contributed by atoms with Crippen molar-refractivity contribution in [2.75, 3.05) is 32.1 Å².